The summed E-state index contributed by atoms with van der Waals surface area (Å²) in [4.78, 5) is 40.2. The summed E-state index contributed by atoms with van der Waals surface area (Å²) in [7, 11) is 1.54. The fourth-order valence-corrected chi connectivity index (χ4v) is 4.18. The number of amides is 3. The smallest absolute Gasteiger partial charge is 0.411 e. The zero-order valence-corrected chi connectivity index (χ0v) is 21.2. The van der Waals surface area contributed by atoms with Crippen LogP contribution in [0.2, 0.25) is 0 Å². The van der Waals surface area contributed by atoms with Crippen LogP contribution in [0.4, 0.5) is 10.5 Å². The molecule has 2 N–H and O–H groups in total. The quantitative estimate of drug-likeness (QED) is 0.437. The second kappa shape index (κ2) is 11.6. The van der Waals surface area contributed by atoms with Crippen LogP contribution in [0.5, 0.6) is 5.75 Å². The van der Waals surface area contributed by atoms with E-state index in [1.165, 1.54) is 4.90 Å². The predicted molar refractivity (Wildman–Crippen MR) is 140 cm³/mol. The number of benzene rings is 3. The maximum Gasteiger partial charge on any atom is 0.411 e. The van der Waals surface area contributed by atoms with E-state index in [0.29, 0.717) is 29.1 Å². The van der Waals surface area contributed by atoms with E-state index in [4.69, 9.17) is 9.47 Å². The zero-order valence-electron chi connectivity index (χ0n) is 21.2. The summed E-state index contributed by atoms with van der Waals surface area (Å²) in [5, 5.41) is 5.76. The molecular formula is C29H31N3O5. The summed E-state index contributed by atoms with van der Waals surface area (Å²) >= 11 is 0. The Morgan fingerprint density at radius 2 is 1.76 bits per heavy atom. The normalized spacial score (nSPS) is 16.7. The molecule has 3 amide bonds. The first kappa shape index (κ1) is 25.8. The van der Waals surface area contributed by atoms with Crippen molar-refractivity contribution in [1.29, 1.82) is 0 Å². The Morgan fingerprint density at radius 3 is 2.43 bits per heavy atom. The highest BCUT2D eigenvalue weighted by atomic mass is 16.6. The van der Waals surface area contributed by atoms with Crippen molar-refractivity contribution in [2.24, 2.45) is 0 Å². The lowest BCUT2D eigenvalue weighted by Crippen LogP contribution is -2.46. The Morgan fingerprint density at radius 1 is 1.03 bits per heavy atom. The third kappa shape index (κ3) is 6.09. The fourth-order valence-electron chi connectivity index (χ4n) is 4.18. The number of cyclic esters (lactones) is 1. The van der Waals surface area contributed by atoms with Crippen molar-refractivity contribution in [2.45, 2.75) is 39.0 Å². The van der Waals surface area contributed by atoms with Crippen LogP contribution in [0, 0.1) is 6.92 Å². The minimum Gasteiger partial charge on any atom is -0.497 e. The number of nitrogens with zero attached hydrogens (tertiary/aromatic N) is 1. The van der Waals surface area contributed by atoms with Gasteiger partial charge in [-0.2, -0.15) is 0 Å². The second-order valence-corrected chi connectivity index (χ2v) is 8.96. The number of carbonyl (C=O) groups is 3. The van der Waals surface area contributed by atoms with Crippen molar-refractivity contribution >= 4 is 23.6 Å². The van der Waals surface area contributed by atoms with Gasteiger partial charge in [-0.05, 0) is 54.8 Å². The monoisotopic (exact) mass is 501 g/mol. The van der Waals surface area contributed by atoms with Crippen LogP contribution in [0.1, 0.15) is 46.5 Å². The van der Waals surface area contributed by atoms with Gasteiger partial charge >= 0.3 is 6.09 Å². The van der Waals surface area contributed by atoms with E-state index in [1.54, 1.807) is 55.6 Å². The third-order valence-electron chi connectivity index (χ3n) is 6.21. The highest BCUT2D eigenvalue weighted by molar-refractivity contribution is 6.04. The van der Waals surface area contributed by atoms with Crippen molar-refractivity contribution in [3.63, 3.8) is 0 Å². The average molecular weight is 502 g/mol. The Hall–Kier alpha value is -4.33. The molecule has 0 spiro atoms. The van der Waals surface area contributed by atoms with E-state index >= 15 is 0 Å². The van der Waals surface area contributed by atoms with Crippen molar-refractivity contribution in [2.75, 3.05) is 19.0 Å². The van der Waals surface area contributed by atoms with Gasteiger partial charge in [0.05, 0.1) is 13.7 Å². The molecule has 37 heavy (non-hydrogen) atoms. The molecule has 8 nitrogen and oxygen atoms in total. The molecule has 1 aliphatic rings. The molecule has 0 saturated carbocycles. The summed E-state index contributed by atoms with van der Waals surface area (Å²) in [5.74, 6) is 0.0499. The number of methoxy groups -OCH3 is 1. The average Bonchev–Trinajstić information content (AvgIpc) is 3.24. The summed E-state index contributed by atoms with van der Waals surface area (Å²) in [6, 6.07) is 20.8. The van der Waals surface area contributed by atoms with Gasteiger partial charge in [0.1, 0.15) is 5.75 Å². The lowest BCUT2D eigenvalue weighted by Gasteiger charge is -2.24. The largest absolute Gasteiger partial charge is 0.497 e. The number of ether oxygens (including phenoxy) is 2. The summed E-state index contributed by atoms with van der Waals surface area (Å²) in [6.45, 7) is 4.72. The van der Waals surface area contributed by atoms with E-state index in [-0.39, 0.29) is 18.4 Å². The first-order valence-electron chi connectivity index (χ1n) is 12.3. The van der Waals surface area contributed by atoms with E-state index in [0.717, 1.165) is 17.5 Å². The molecule has 3 aromatic rings. The third-order valence-corrected chi connectivity index (χ3v) is 6.21. The standard InChI is InChI=1S/C29H31N3O5/c1-4-16-30-28(34)25-26(37-29(35)32(25)18-20-10-8-19(2)9-11-20)21-12-14-23(15-13-21)31-27(33)22-6-5-7-24(17-22)36-3/h5-15,17,25-26H,4,16,18H2,1-3H3,(H,30,34)(H,31,33)/t25-,26+/m1/s1. The summed E-state index contributed by atoms with van der Waals surface area (Å²) in [5.41, 5.74) is 3.72. The van der Waals surface area contributed by atoms with Gasteiger partial charge in [0.25, 0.3) is 5.91 Å². The number of carbonyl (C=O) groups excluding carboxylic acids is 3. The van der Waals surface area contributed by atoms with Gasteiger partial charge in [-0.15, -0.1) is 0 Å². The van der Waals surface area contributed by atoms with Gasteiger partial charge in [0.15, 0.2) is 12.1 Å². The Bertz CT molecular complexity index is 1260. The topological polar surface area (TPSA) is 97.0 Å². The minimum atomic E-state index is -0.822. The highest BCUT2D eigenvalue weighted by Crippen LogP contribution is 2.34. The number of aryl methyl sites for hydroxylation is 1. The first-order chi connectivity index (χ1) is 17.9. The molecule has 0 aromatic heterocycles. The SMILES string of the molecule is CCCNC(=O)[C@H]1[C@H](c2ccc(NC(=O)c3cccc(OC)c3)cc2)OC(=O)N1Cc1ccc(C)cc1. The number of hydrogen-bond acceptors (Lipinski definition) is 5. The lowest BCUT2D eigenvalue weighted by atomic mass is 10.00. The first-order valence-corrected chi connectivity index (χ1v) is 12.3. The lowest BCUT2D eigenvalue weighted by molar-refractivity contribution is -0.126. The molecule has 1 aliphatic heterocycles. The van der Waals surface area contributed by atoms with Gasteiger partial charge in [-0.25, -0.2) is 4.79 Å². The van der Waals surface area contributed by atoms with Crippen LogP contribution in [-0.4, -0.2) is 42.5 Å². The number of hydrogen-bond donors (Lipinski definition) is 2. The van der Waals surface area contributed by atoms with Crippen LogP contribution in [0.15, 0.2) is 72.8 Å². The molecule has 8 heteroatoms. The Labute approximate surface area is 216 Å². The van der Waals surface area contributed by atoms with Crippen molar-refractivity contribution in [1.82, 2.24) is 10.2 Å². The van der Waals surface area contributed by atoms with Crippen LogP contribution < -0.4 is 15.4 Å². The van der Waals surface area contributed by atoms with E-state index in [9.17, 15) is 14.4 Å². The molecule has 1 fully saturated rings. The summed E-state index contributed by atoms with van der Waals surface area (Å²) < 4.78 is 10.9. The highest BCUT2D eigenvalue weighted by Gasteiger charge is 2.46. The maximum absolute atomic E-state index is 13.2. The van der Waals surface area contributed by atoms with Crippen molar-refractivity contribution in [3.05, 3.63) is 95.1 Å². The molecule has 0 bridgehead atoms. The van der Waals surface area contributed by atoms with Crippen molar-refractivity contribution < 1.29 is 23.9 Å². The van der Waals surface area contributed by atoms with Gasteiger partial charge in [-0.3, -0.25) is 14.5 Å². The maximum atomic E-state index is 13.2. The molecule has 0 radical (unpaired) electrons. The van der Waals surface area contributed by atoms with Crippen LogP contribution in [0.25, 0.3) is 0 Å². The van der Waals surface area contributed by atoms with Crippen LogP contribution in [0.3, 0.4) is 0 Å². The van der Waals surface area contributed by atoms with Gasteiger partial charge < -0.3 is 20.1 Å². The predicted octanol–water partition coefficient (Wildman–Crippen LogP) is 4.84. The molecular weight excluding hydrogens is 470 g/mol. The number of anilines is 1. The number of rotatable bonds is 9. The zero-order chi connectivity index (χ0) is 26.4. The van der Waals surface area contributed by atoms with Gasteiger partial charge in [0.2, 0.25) is 5.91 Å². The second-order valence-electron chi connectivity index (χ2n) is 8.96. The molecule has 1 saturated heterocycles. The Balaban J connectivity index is 1.53. The van der Waals surface area contributed by atoms with E-state index < -0.39 is 18.2 Å². The molecule has 0 aliphatic carbocycles. The molecule has 2 atom stereocenters. The molecule has 4 rings (SSSR count). The molecule has 192 valence electrons. The van der Waals surface area contributed by atoms with Gasteiger partial charge in [-0.1, -0.05) is 55.0 Å². The van der Waals surface area contributed by atoms with E-state index in [2.05, 4.69) is 10.6 Å². The van der Waals surface area contributed by atoms with Crippen molar-refractivity contribution in [3.8, 4) is 5.75 Å². The Kier molecular flexibility index (Phi) is 8.08. The molecule has 3 aromatic carbocycles. The molecule has 0 unspecified atom stereocenters. The summed E-state index contributed by atoms with van der Waals surface area (Å²) in [6.07, 6.45) is -0.548. The number of nitrogens with one attached hydrogen (secondary N) is 2. The van der Waals surface area contributed by atoms with Crippen LogP contribution in [-0.2, 0) is 16.1 Å². The van der Waals surface area contributed by atoms with Crippen LogP contribution >= 0.6 is 0 Å². The fraction of sp³-hybridized carbons (Fsp3) is 0.276. The van der Waals surface area contributed by atoms with E-state index in [1.807, 2.05) is 38.1 Å². The van der Waals surface area contributed by atoms with Gasteiger partial charge in [0, 0.05) is 17.8 Å². The minimum absolute atomic E-state index is 0.258. The molecule has 1 heterocycles.